The van der Waals surface area contributed by atoms with Crippen LogP contribution < -0.4 is 0 Å². The van der Waals surface area contributed by atoms with Gasteiger partial charge in [-0.1, -0.05) is 0 Å². The second kappa shape index (κ2) is 2.50. The Hall–Kier alpha value is -1.10. The van der Waals surface area contributed by atoms with Crippen molar-refractivity contribution in [1.82, 2.24) is 20.4 Å². The molecule has 11 heavy (non-hydrogen) atoms. The molecule has 4 nitrogen and oxygen atoms in total. The summed E-state index contributed by atoms with van der Waals surface area (Å²) in [6, 6.07) is 1.87. The maximum atomic E-state index is 3.86. The van der Waals surface area contributed by atoms with Crippen LogP contribution in [-0.2, 0) is 0 Å². The van der Waals surface area contributed by atoms with Gasteiger partial charge >= 0.3 is 0 Å². The number of aromatic nitrogens is 4. The average molecular weight is 213 g/mol. The third-order valence-electron chi connectivity index (χ3n) is 1.36. The molecule has 5 heteroatoms. The second-order valence-corrected chi connectivity index (χ2v) is 2.92. The lowest BCUT2D eigenvalue weighted by molar-refractivity contribution is 1.06. The molecule has 2 heterocycles. The summed E-state index contributed by atoms with van der Waals surface area (Å²) in [6.07, 6.45) is 3.40. The van der Waals surface area contributed by atoms with Crippen LogP contribution in [0.2, 0.25) is 0 Å². The van der Waals surface area contributed by atoms with E-state index >= 15 is 0 Å². The highest BCUT2D eigenvalue weighted by Gasteiger charge is 2.04. The minimum absolute atomic E-state index is 0.919. The molecule has 0 atom stereocenters. The molecule has 0 aromatic carbocycles. The molecule has 0 radical (unpaired) electrons. The van der Waals surface area contributed by atoms with E-state index in [1.807, 2.05) is 6.07 Å². The van der Waals surface area contributed by atoms with Crippen molar-refractivity contribution < 1.29 is 0 Å². The predicted molar refractivity (Wildman–Crippen MR) is 43.9 cm³/mol. The predicted octanol–water partition coefficient (Wildman–Crippen LogP) is 1.56. The molecule has 0 amide bonds. The van der Waals surface area contributed by atoms with Crippen LogP contribution in [0.15, 0.2) is 22.9 Å². The van der Waals surface area contributed by atoms with Gasteiger partial charge in [-0.25, -0.2) is 0 Å². The molecule has 0 aliphatic heterocycles. The molecule has 0 aliphatic carbocycles. The highest BCUT2D eigenvalue weighted by atomic mass is 79.9. The lowest BCUT2D eigenvalue weighted by Gasteiger charge is -1.89. The Labute approximate surface area is 71.2 Å². The summed E-state index contributed by atoms with van der Waals surface area (Å²) < 4.78 is 0.932. The zero-order valence-electron chi connectivity index (χ0n) is 5.50. The molecule has 2 aromatic heterocycles. The van der Waals surface area contributed by atoms with Crippen LogP contribution in [0, 0.1) is 0 Å². The SMILES string of the molecule is Brc1cn[nH]c1-c1ccn[nH]1. The summed E-state index contributed by atoms with van der Waals surface area (Å²) >= 11 is 3.35. The van der Waals surface area contributed by atoms with Crippen LogP contribution in [0.25, 0.3) is 11.4 Å². The minimum atomic E-state index is 0.919. The van der Waals surface area contributed by atoms with Gasteiger partial charge in [0.25, 0.3) is 0 Å². The van der Waals surface area contributed by atoms with Crippen molar-refractivity contribution in [3.05, 3.63) is 22.9 Å². The first-order valence-corrected chi connectivity index (χ1v) is 3.86. The average Bonchev–Trinajstić information content (AvgIpc) is 2.55. The molecule has 2 rings (SSSR count). The van der Waals surface area contributed by atoms with E-state index in [-0.39, 0.29) is 0 Å². The standard InChI is InChI=1S/C6H5BrN4/c7-4-3-9-11-6(4)5-1-2-8-10-5/h1-3H,(H,8,10)(H,9,11). The van der Waals surface area contributed by atoms with Crippen LogP contribution in [0.1, 0.15) is 0 Å². The van der Waals surface area contributed by atoms with Crippen LogP contribution >= 0.6 is 15.9 Å². The van der Waals surface area contributed by atoms with E-state index in [1.54, 1.807) is 12.4 Å². The highest BCUT2D eigenvalue weighted by Crippen LogP contribution is 2.22. The van der Waals surface area contributed by atoms with Gasteiger partial charge in [0, 0.05) is 6.20 Å². The van der Waals surface area contributed by atoms with Gasteiger partial charge in [0.1, 0.15) is 0 Å². The summed E-state index contributed by atoms with van der Waals surface area (Å²) in [5.41, 5.74) is 1.84. The van der Waals surface area contributed by atoms with E-state index in [2.05, 4.69) is 36.3 Å². The molecule has 0 saturated heterocycles. The molecule has 0 bridgehead atoms. The maximum absolute atomic E-state index is 3.86. The van der Waals surface area contributed by atoms with Gasteiger partial charge in [0.05, 0.1) is 22.1 Å². The minimum Gasteiger partial charge on any atom is -0.276 e. The molecular weight excluding hydrogens is 208 g/mol. The molecule has 0 spiro atoms. The van der Waals surface area contributed by atoms with E-state index in [4.69, 9.17) is 0 Å². The Bertz CT molecular complexity index is 337. The summed E-state index contributed by atoms with van der Waals surface area (Å²) in [7, 11) is 0. The summed E-state index contributed by atoms with van der Waals surface area (Å²) in [4.78, 5) is 0. The number of halogens is 1. The van der Waals surface area contributed by atoms with Gasteiger partial charge in [-0.15, -0.1) is 0 Å². The quantitative estimate of drug-likeness (QED) is 0.755. The normalized spacial score (nSPS) is 10.3. The lowest BCUT2D eigenvalue weighted by atomic mass is 10.3. The monoisotopic (exact) mass is 212 g/mol. The van der Waals surface area contributed by atoms with Gasteiger partial charge in [-0.3, -0.25) is 10.2 Å². The summed E-state index contributed by atoms with van der Waals surface area (Å²) in [5, 5.41) is 13.4. The molecule has 56 valence electrons. The van der Waals surface area contributed by atoms with Gasteiger partial charge in [0.15, 0.2) is 0 Å². The van der Waals surface area contributed by atoms with E-state index in [0.29, 0.717) is 0 Å². The largest absolute Gasteiger partial charge is 0.276 e. The Morgan fingerprint density at radius 1 is 1.27 bits per heavy atom. The zero-order chi connectivity index (χ0) is 7.68. The topological polar surface area (TPSA) is 57.4 Å². The van der Waals surface area contributed by atoms with Crippen LogP contribution in [0.5, 0.6) is 0 Å². The Morgan fingerprint density at radius 3 is 2.73 bits per heavy atom. The first-order valence-electron chi connectivity index (χ1n) is 3.06. The third kappa shape index (κ3) is 1.07. The number of aromatic amines is 2. The van der Waals surface area contributed by atoms with Gasteiger partial charge in [-0.2, -0.15) is 10.2 Å². The van der Waals surface area contributed by atoms with Gasteiger partial charge in [-0.05, 0) is 22.0 Å². The third-order valence-corrected chi connectivity index (χ3v) is 1.96. The number of nitrogens with zero attached hydrogens (tertiary/aromatic N) is 2. The van der Waals surface area contributed by atoms with Crippen LogP contribution in [-0.4, -0.2) is 20.4 Å². The van der Waals surface area contributed by atoms with E-state index in [0.717, 1.165) is 15.9 Å². The molecule has 0 saturated carbocycles. The second-order valence-electron chi connectivity index (χ2n) is 2.06. The Morgan fingerprint density at radius 2 is 2.18 bits per heavy atom. The Balaban J connectivity index is 2.53. The summed E-state index contributed by atoms with van der Waals surface area (Å²) in [5.74, 6) is 0. The molecule has 0 aliphatic rings. The number of nitrogens with one attached hydrogen (secondary N) is 2. The van der Waals surface area contributed by atoms with Crippen LogP contribution in [0.3, 0.4) is 0 Å². The fourth-order valence-corrected chi connectivity index (χ4v) is 1.26. The van der Waals surface area contributed by atoms with E-state index in [9.17, 15) is 0 Å². The Kier molecular flexibility index (Phi) is 1.50. The van der Waals surface area contributed by atoms with Crippen molar-refractivity contribution in [3.63, 3.8) is 0 Å². The van der Waals surface area contributed by atoms with E-state index < -0.39 is 0 Å². The molecule has 0 unspecified atom stereocenters. The lowest BCUT2D eigenvalue weighted by Crippen LogP contribution is -1.78. The summed E-state index contributed by atoms with van der Waals surface area (Å²) in [6.45, 7) is 0. The number of H-pyrrole nitrogens is 2. The molecule has 2 N–H and O–H groups in total. The number of hydrogen-bond acceptors (Lipinski definition) is 2. The number of rotatable bonds is 1. The maximum Gasteiger partial charge on any atom is 0.0970 e. The van der Waals surface area contributed by atoms with Crippen molar-refractivity contribution in [2.75, 3.05) is 0 Å². The highest BCUT2D eigenvalue weighted by molar-refractivity contribution is 9.10. The van der Waals surface area contributed by atoms with Crippen molar-refractivity contribution in [2.45, 2.75) is 0 Å². The molecule has 2 aromatic rings. The number of hydrogen-bond donors (Lipinski definition) is 2. The molecule has 0 fully saturated rings. The smallest absolute Gasteiger partial charge is 0.0970 e. The van der Waals surface area contributed by atoms with Gasteiger partial charge < -0.3 is 0 Å². The van der Waals surface area contributed by atoms with Crippen molar-refractivity contribution in [2.24, 2.45) is 0 Å². The van der Waals surface area contributed by atoms with Crippen molar-refractivity contribution >= 4 is 15.9 Å². The van der Waals surface area contributed by atoms with Crippen molar-refractivity contribution in [1.29, 1.82) is 0 Å². The zero-order valence-corrected chi connectivity index (χ0v) is 7.09. The van der Waals surface area contributed by atoms with Crippen LogP contribution in [0.4, 0.5) is 0 Å². The fraction of sp³-hybridized carbons (Fsp3) is 0. The van der Waals surface area contributed by atoms with Gasteiger partial charge in [0.2, 0.25) is 0 Å². The van der Waals surface area contributed by atoms with E-state index in [1.165, 1.54) is 0 Å². The first-order chi connectivity index (χ1) is 5.38. The first kappa shape index (κ1) is 6.60. The fourth-order valence-electron chi connectivity index (χ4n) is 0.855. The van der Waals surface area contributed by atoms with Crippen molar-refractivity contribution in [3.8, 4) is 11.4 Å². The molecular formula is C6H5BrN4.